The topological polar surface area (TPSA) is 63.4 Å². The number of oxazole rings is 1. The van der Waals surface area contributed by atoms with Crippen molar-refractivity contribution in [2.24, 2.45) is 0 Å². The molecule has 0 saturated heterocycles. The van der Waals surface area contributed by atoms with Gasteiger partial charge in [0.1, 0.15) is 5.76 Å². The van der Waals surface area contributed by atoms with Crippen LogP contribution in [0.15, 0.2) is 51.1 Å². The summed E-state index contributed by atoms with van der Waals surface area (Å²) in [5, 5.41) is 2.00. The van der Waals surface area contributed by atoms with Gasteiger partial charge in [-0.1, -0.05) is 18.2 Å². The average molecular weight is 391 g/mol. The predicted molar refractivity (Wildman–Crippen MR) is 104 cm³/mol. The fourth-order valence-corrected chi connectivity index (χ4v) is 3.98. The second kappa shape index (κ2) is 7.34. The van der Waals surface area contributed by atoms with Crippen LogP contribution in [0.25, 0.3) is 10.8 Å². The Kier molecular flexibility index (Phi) is 5.32. The first kappa shape index (κ1) is 18.8. The lowest BCUT2D eigenvalue weighted by atomic mass is 10.1. The van der Waals surface area contributed by atoms with Crippen LogP contribution in [0.5, 0.6) is 0 Å². The summed E-state index contributed by atoms with van der Waals surface area (Å²) < 4.78 is 29.0. The fraction of sp³-hybridized carbons (Fsp3) is 0.316. The van der Waals surface area contributed by atoms with E-state index in [1.165, 1.54) is 6.26 Å². The van der Waals surface area contributed by atoms with Gasteiger partial charge in [0.05, 0.1) is 15.5 Å². The number of thiophene rings is 1. The lowest BCUT2D eigenvalue weighted by Gasteiger charge is -2.24. The van der Waals surface area contributed by atoms with Crippen molar-refractivity contribution < 1.29 is 12.8 Å². The highest BCUT2D eigenvalue weighted by Crippen LogP contribution is 2.28. The Balaban J connectivity index is 1.74. The lowest BCUT2D eigenvalue weighted by molar-refractivity contribution is 0.249. The second-order valence-corrected chi connectivity index (χ2v) is 9.39. The van der Waals surface area contributed by atoms with Gasteiger partial charge in [0.2, 0.25) is 5.89 Å². The normalized spacial score (nSPS) is 13.3. The Hall–Kier alpha value is -1.96. The van der Waals surface area contributed by atoms with E-state index >= 15 is 0 Å². The fourth-order valence-electron chi connectivity index (χ4n) is 2.70. The van der Waals surface area contributed by atoms with Crippen LogP contribution in [0.4, 0.5) is 0 Å². The monoisotopic (exact) mass is 390 g/mol. The SMILES string of the molecule is Cc1oc(-c2cccs2)nc1CN(C)C(C)c1ccc(S(C)(=O)=O)cc1. The molecule has 3 rings (SSSR count). The van der Waals surface area contributed by atoms with E-state index in [9.17, 15) is 8.42 Å². The van der Waals surface area contributed by atoms with Crippen LogP contribution in [-0.2, 0) is 16.4 Å². The van der Waals surface area contributed by atoms with Gasteiger partial charge in [0, 0.05) is 18.8 Å². The van der Waals surface area contributed by atoms with Crippen molar-refractivity contribution in [2.45, 2.75) is 31.3 Å². The third kappa shape index (κ3) is 4.06. The number of aromatic nitrogens is 1. The maximum absolute atomic E-state index is 11.6. The molecule has 1 atom stereocenters. The molecule has 7 heteroatoms. The molecule has 0 aliphatic carbocycles. The van der Waals surface area contributed by atoms with Crippen molar-refractivity contribution >= 4 is 21.2 Å². The molecule has 0 aliphatic rings. The molecular weight excluding hydrogens is 368 g/mol. The number of benzene rings is 1. The molecule has 1 aromatic carbocycles. The van der Waals surface area contributed by atoms with Gasteiger partial charge in [-0.05, 0) is 50.0 Å². The molecular formula is C19H22N2O3S2. The standard InChI is InChI=1S/C19H22N2O3S2/c1-13(15-7-9-16(10-8-15)26(4,22)23)21(3)12-17-14(2)24-19(20-17)18-6-5-11-25-18/h5-11,13H,12H2,1-4H3. The summed E-state index contributed by atoms with van der Waals surface area (Å²) in [4.78, 5) is 8.16. The molecule has 0 N–H and O–H groups in total. The van der Waals surface area contributed by atoms with Gasteiger partial charge in [0.25, 0.3) is 0 Å². The second-order valence-electron chi connectivity index (χ2n) is 6.43. The zero-order chi connectivity index (χ0) is 18.9. The van der Waals surface area contributed by atoms with Gasteiger partial charge in [0.15, 0.2) is 9.84 Å². The summed E-state index contributed by atoms with van der Waals surface area (Å²) in [6.07, 6.45) is 1.22. The molecule has 138 valence electrons. The third-order valence-corrected chi connectivity index (χ3v) is 6.46. The Morgan fingerprint density at radius 1 is 1.23 bits per heavy atom. The molecule has 0 aliphatic heterocycles. The molecule has 0 bridgehead atoms. The van der Waals surface area contributed by atoms with Gasteiger partial charge in [-0.25, -0.2) is 13.4 Å². The maximum atomic E-state index is 11.6. The smallest absolute Gasteiger partial charge is 0.236 e. The van der Waals surface area contributed by atoms with Crippen molar-refractivity contribution in [3.8, 4) is 10.8 Å². The van der Waals surface area contributed by atoms with Gasteiger partial charge >= 0.3 is 0 Å². The number of hydrogen-bond donors (Lipinski definition) is 0. The minimum absolute atomic E-state index is 0.116. The van der Waals surface area contributed by atoms with Crippen LogP contribution >= 0.6 is 11.3 Å². The third-order valence-electron chi connectivity index (χ3n) is 4.48. The summed E-state index contributed by atoms with van der Waals surface area (Å²) in [6.45, 7) is 4.67. The first-order valence-electron chi connectivity index (χ1n) is 8.26. The average Bonchev–Trinajstić information content (AvgIpc) is 3.24. The van der Waals surface area contributed by atoms with Gasteiger partial charge in [-0.15, -0.1) is 11.3 Å². The Morgan fingerprint density at radius 2 is 1.92 bits per heavy atom. The van der Waals surface area contributed by atoms with Crippen molar-refractivity contribution in [2.75, 3.05) is 13.3 Å². The summed E-state index contributed by atoms with van der Waals surface area (Å²) in [6, 6.07) is 11.1. The summed E-state index contributed by atoms with van der Waals surface area (Å²) in [5.41, 5.74) is 1.97. The number of sulfone groups is 1. The zero-order valence-electron chi connectivity index (χ0n) is 15.3. The minimum Gasteiger partial charge on any atom is -0.440 e. The van der Waals surface area contributed by atoms with E-state index in [2.05, 4.69) is 16.8 Å². The van der Waals surface area contributed by atoms with Crippen LogP contribution in [0.2, 0.25) is 0 Å². The summed E-state index contributed by atoms with van der Waals surface area (Å²) in [5.74, 6) is 1.48. The molecule has 0 saturated carbocycles. The maximum Gasteiger partial charge on any atom is 0.236 e. The highest BCUT2D eigenvalue weighted by atomic mass is 32.2. The van der Waals surface area contributed by atoms with Gasteiger partial charge in [-0.2, -0.15) is 0 Å². The lowest BCUT2D eigenvalue weighted by Crippen LogP contribution is -2.22. The van der Waals surface area contributed by atoms with E-state index in [-0.39, 0.29) is 6.04 Å². The van der Waals surface area contributed by atoms with Gasteiger partial charge in [-0.3, -0.25) is 4.90 Å². The Morgan fingerprint density at radius 3 is 2.50 bits per heavy atom. The quantitative estimate of drug-likeness (QED) is 0.628. The molecule has 0 radical (unpaired) electrons. The van der Waals surface area contributed by atoms with Crippen molar-refractivity contribution in [3.63, 3.8) is 0 Å². The van der Waals surface area contributed by atoms with E-state index in [1.807, 2.05) is 43.6 Å². The minimum atomic E-state index is -3.17. The van der Waals surface area contributed by atoms with E-state index in [0.717, 1.165) is 21.9 Å². The Labute approximate surface area is 158 Å². The summed E-state index contributed by atoms with van der Waals surface area (Å²) in [7, 11) is -1.15. The van der Waals surface area contributed by atoms with E-state index < -0.39 is 9.84 Å². The van der Waals surface area contributed by atoms with Crippen molar-refractivity contribution in [1.29, 1.82) is 0 Å². The molecule has 0 spiro atoms. The molecule has 0 fully saturated rings. The zero-order valence-corrected chi connectivity index (χ0v) is 16.9. The molecule has 0 amide bonds. The van der Waals surface area contributed by atoms with E-state index in [0.29, 0.717) is 17.3 Å². The molecule has 1 unspecified atom stereocenters. The molecule has 5 nitrogen and oxygen atoms in total. The molecule has 2 aromatic heterocycles. The first-order valence-corrected chi connectivity index (χ1v) is 11.0. The van der Waals surface area contributed by atoms with Crippen LogP contribution in [0.3, 0.4) is 0 Å². The predicted octanol–water partition coefficient (Wildman–Crippen LogP) is 4.31. The molecule has 2 heterocycles. The number of nitrogens with zero attached hydrogens (tertiary/aromatic N) is 2. The van der Waals surface area contributed by atoms with Crippen molar-refractivity contribution in [1.82, 2.24) is 9.88 Å². The largest absolute Gasteiger partial charge is 0.440 e. The van der Waals surface area contributed by atoms with Crippen LogP contribution in [0.1, 0.15) is 30.0 Å². The van der Waals surface area contributed by atoms with Crippen LogP contribution < -0.4 is 0 Å². The first-order chi connectivity index (χ1) is 12.3. The summed E-state index contributed by atoms with van der Waals surface area (Å²) >= 11 is 1.60. The van der Waals surface area contributed by atoms with E-state index in [1.54, 1.807) is 23.5 Å². The van der Waals surface area contributed by atoms with E-state index in [4.69, 9.17) is 4.42 Å². The highest BCUT2D eigenvalue weighted by molar-refractivity contribution is 7.90. The molecule has 26 heavy (non-hydrogen) atoms. The van der Waals surface area contributed by atoms with Crippen LogP contribution in [-0.4, -0.2) is 31.6 Å². The number of aryl methyl sites for hydroxylation is 1. The highest BCUT2D eigenvalue weighted by Gasteiger charge is 2.18. The number of hydrogen-bond acceptors (Lipinski definition) is 6. The van der Waals surface area contributed by atoms with Crippen molar-refractivity contribution in [3.05, 3.63) is 58.8 Å². The molecule has 3 aromatic rings. The van der Waals surface area contributed by atoms with Gasteiger partial charge < -0.3 is 4.42 Å². The number of rotatable bonds is 6. The Bertz CT molecular complexity index is 974. The van der Waals surface area contributed by atoms with Crippen LogP contribution in [0, 0.1) is 6.92 Å².